The smallest absolute Gasteiger partial charge is 0.207 e. The maximum Gasteiger partial charge on any atom is 0.207 e. The summed E-state index contributed by atoms with van der Waals surface area (Å²) in [5.74, 6) is 0.976. The van der Waals surface area contributed by atoms with E-state index in [2.05, 4.69) is 14.9 Å². The van der Waals surface area contributed by atoms with Crippen molar-refractivity contribution in [3.05, 3.63) is 30.1 Å². The summed E-state index contributed by atoms with van der Waals surface area (Å²) in [6, 6.07) is 8.00. The number of carbonyl (C=O) groups excluding carboxylic acids is 1. The van der Waals surface area contributed by atoms with Crippen molar-refractivity contribution in [2.45, 2.75) is 13.5 Å². The van der Waals surface area contributed by atoms with Crippen LogP contribution < -0.4 is 5.32 Å². The third-order valence-corrected chi connectivity index (χ3v) is 2.41. The molecule has 0 unspecified atom stereocenters. The average Bonchev–Trinajstić information content (AvgIpc) is 2.56. The molecule has 4 heteroatoms. The van der Waals surface area contributed by atoms with Gasteiger partial charge in [-0.2, -0.15) is 0 Å². The maximum absolute atomic E-state index is 10.1. The van der Waals surface area contributed by atoms with Crippen molar-refractivity contribution >= 4 is 17.4 Å². The predicted octanol–water partition coefficient (Wildman–Crippen LogP) is 1.09. The second kappa shape index (κ2) is 4.13. The molecule has 0 aliphatic rings. The Balaban J connectivity index is 2.32. The predicted molar refractivity (Wildman–Crippen MR) is 58.5 cm³/mol. The van der Waals surface area contributed by atoms with Gasteiger partial charge in [-0.1, -0.05) is 12.1 Å². The molecule has 1 N–H and O–H groups in total. The molecule has 0 fully saturated rings. The molecule has 0 radical (unpaired) electrons. The van der Waals surface area contributed by atoms with Gasteiger partial charge in [0.1, 0.15) is 5.82 Å². The van der Waals surface area contributed by atoms with Crippen molar-refractivity contribution in [2.24, 2.45) is 0 Å². The lowest BCUT2D eigenvalue weighted by molar-refractivity contribution is -0.109. The van der Waals surface area contributed by atoms with Crippen LogP contribution in [0, 0.1) is 6.92 Å². The summed E-state index contributed by atoms with van der Waals surface area (Å²) in [5, 5.41) is 2.65. The third kappa shape index (κ3) is 1.83. The number of hydrogen-bond acceptors (Lipinski definition) is 2. The Morgan fingerprint density at radius 2 is 2.27 bits per heavy atom. The van der Waals surface area contributed by atoms with Gasteiger partial charge in [-0.15, -0.1) is 0 Å². The fourth-order valence-corrected chi connectivity index (χ4v) is 1.71. The van der Waals surface area contributed by atoms with Crippen molar-refractivity contribution in [1.29, 1.82) is 0 Å². The van der Waals surface area contributed by atoms with E-state index in [1.165, 1.54) is 0 Å². The number of rotatable bonds is 4. The molecule has 0 bridgehead atoms. The minimum atomic E-state index is 0.630. The van der Waals surface area contributed by atoms with Crippen LogP contribution in [0.25, 0.3) is 11.0 Å². The number of hydrogen-bond donors (Lipinski definition) is 1. The molecule has 4 nitrogen and oxygen atoms in total. The molecular weight excluding hydrogens is 190 g/mol. The first-order valence-electron chi connectivity index (χ1n) is 4.92. The van der Waals surface area contributed by atoms with Crippen LogP contribution >= 0.6 is 0 Å². The maximum atomic E-state index is 10.1. The van der Waals surface area contributed by atoms with Gasteiger partial charge < -0.3 is 9.88 Å². The number of para-hydroxylation sites is 2. The van der Waals surface area contributed by atoms with Gasteiger partial charge in [-0.05, 0) is 19.1 Å². The standard InChI is InChI=1S/C11H13N3O/c1-9-13-10-4-2-3-5-11(10)14(9)7-6-12-8-15/h2-5,8H,6-7H2,1H3,(H,12,15). The van der Waals surface area contributed by atoms with E-state index < -0.39 is 0 Å². The van der Waals surface area contributed by atoms with Crippen LogP contribution in [-0.2, 0) is 11.3 Å². The highest BCUT2D eigenvalue weighted by atomic mass is 16.1. The molecule has 0 aliphatic heterocycles. The summed E-state index contributed by atoms with van der Waals surface area (Å²) >= 11 is 0. The third-order valence-electron chi connectivity index (χ3n) is 2.41. The minimum Gasteiger partial charge on any atom is -0.357 e. The lowest BCUT2D eigenvalue weighted by Crippen LogP contribution is -2.18. The molecule has 0 saturated heterocycles. The molecule has 1 aromatic heterocycles. The molecule has 0 saturated carbocycles. The van der Waals surface area contributed by atoms with Gasteiger partial charge in [0, 0.05) is 13.1 Å². The molecule has 0 spiro atoms. The highest BCUT2D eigenvalue weighted by Crippen LogP contribution is 2.14. The summed E-state index contributed by atoms with van der Waals surface area (Å²) in [6.45, 7) is 3.36. The molecule has 1 heterocycles. The van der Waals surface area contributed by atoms with Gasteiger partial charge in [0.15, 0.2) is 0 Å². The molecular formula is C11H13N3O. The van der Waals surface area contributed by atoms with E-state index in [9.17, 15) is 4.79 Å². The second-order valence-electron chi connectivity index (χ2n) is 3.37. The first-order chi connectivity index (χ1) is 7.33. The number of fused-ring (bicyclic) bond motifs is 1. The van der Waals surface area contributed by atoms with Crippen LogP contribution in [0.15, 0.2) is 24.3 Å². The van der Waals surface area contributed by atoms with Crippen LogP contribution in [0.4, 0.5) is 0 Å². The van der Waals surface area contributed by atoms with Gasteiger partial charge in [0.25, 0.3) is 0 Å². The van der Waals surface area contributed by atoms with E-state index in [0.29, 0.717) is 13.0 Å². The summed E-state index contributed by atoms with van der Waals surface area (Å²) in [5.41, 5.74) is 2.11. The summed E-state index contributed by atoms with van der Waals surface area (Å²) in [4.78, 5) is 14.6. The zero-order chi connectivity index (χ0) is 10.7. The highest BCUT2D eigenvalue weighted by Gasteiger charge is 2.04. The topological polar surface area (TPSA) is 46.9 Å². The average molecular weight is 203 g/mol. The second-order valence-corrected chi connectivity index (χ2v) is 3.37. The minimum absolute atomic E-state index is 0.630. The zero-order valence-electron chi connectivity index (χ0n) is 8.60. The molecule has 78 valence electrons. The van der Waals surface area contributed by atoms with Crippen LogP contribution in [0.5, 0.6) is 0 Å². The number of carbonyl (C=O) groups is 1. The summed E-state index contributed by atoms with van der Waals surface area (Å²) < 4.78 is 2.10. The first kappa shape index (κ1) is 9.71. The molecule has 0 atom stereocenters. The highest BCUT2D eigenvalue weighted by molar-refractivity contribution is 5.75. The first-order valence-corrected chi connectivity index (χ1v) is 4.92. The van der Waals surface area contributed by atoms with E-state index in [0.717, 1.165) is 23.4 Å². The number of amides is 1. The molecule has 1 amide bonds. The van der Waals surface area contributed by atoms with Crippen LogP contribution in [-0.4, -0.2) is 22.5 Å². The van der Waals surface area contributed by atoms with Crippen LogP contribution in [0.2, 0.25) is 0 Å². The quantitative estimate of drug-likeness (QED) is 0.597. The number of benzene rings is 1. The molecule has 0 aliphatic carbocycles. The van der Waals surface area contributed by atoms with Crippen LogP contribution in [0.3, 0.4) is 0 Å². The number of imidazole rings is 1. The fraction of sp³-hybridized carbons (Fsp3) is 0.273. The van der Waals surface area contributed by atoms with E-state index in [1.54, 1.807) is 0 Å². The van der Waals surface area contributed by atoms with Gasteiger partial charge >= 0.3 is 0 Å². The Morgan fingerprint density at radius 1 is 1.47 bits per heavy atom. The molecule has 2 aromatic rings. The number of nitrogens with one attached hydrogen (secondary N) is 1. The van der Waals surface area contributed by atoms with E-state index in [1.807, 2.05) is 31.2 Å². The zero-order valence-corrected chi connectivity index (χ0v) is 8.60. The van der Waals surface area contributed by atoms with Gasteiger partial charge in [0.05, 0.1) is 11.0 Å². The largest absolute Gasteiger partial charge is 0.357 e. The normalized spacial score (nSPS) is 10.5. The lowest BCUT2D eigenvalue weighted by atomic mass is 10.3. The van der Waals surface area contributed by atoms with Crippen molar-refractivity contribution in [1.82, 2.24) is 14.9 Å². The number of aromatic nitrogens is 2. The summed E-state index contributed by atoms with van der Waals surface area (Å²) in [6.07, 6.45) is 0.717. The summed E-state index contributed by atoms with van der Waals surface area (Å²) in [7, 11) is 0. The van der Waals surface area contributed by atoms with Crippen molar-refractivity contribution in [3.63, 3.8) is 0 Å². The Bertz CT molecular complexity index is 476. The Labute approximate surface area is 87.9 Å². The van der Waals surface area contributed by atoms with E-state index in [4.69, 9.17) is 0 Å². The Kier molecular flexibility index (Phi) is 2.67. The Hall–Kier alpha value is -1.84. The Morgan fingerprint density at radius 3 is 3.07 bits per heavy atom. The number of nitrogens with zero attached hydrogens (tertiary/aromatic N) is 2. The van der Waals surface area contributed by atoms with E-state index in [-0.39, 0.29) is 0 Å². The van der Waals surface area contributed by atoms with Crippen molar-refractivity contribution < 1.29 is 4.79 Å². The van der Waals surface area contributed by atoms with Crippen molar-refractivity contribution in [2.75, 3.05) is 6.54 Å². The van der Waals surface area contributed by atoms with Crippen LogP contribution in [0.1, 0.15) is 5.82 Å². The number of aryl methyl sites for hydroxylation is 1. The van der Waals surface area contributed by atoms with Gasteiger partial charge in [-0.25, -0.2) is 4.98 Å². The fourth-order valence-electron chi connectivity index (χ4n) is 1.71. The lowest BCUT2D eigenvalue weighted by Gasteiger charge is -2.05. The van der Waals surface area contributed by atoms with E-state index >= 15 is 0 Å². The van der Waals surface area contributed by atoms with Crippen molar-refractivity contribution in [3.8, 4) is 0 Å². The molecule has 2 rings (SSSR count). The molecule has 15 heavy (non-hydrogen) atoms. The van der Waals surface area contributed by atoms with Gasteiger partial charge in [0.2, 0.25) is 6.41 Å². The monoisotopic (exact) mass is 203 g/mol. The SMILES string of the molecule is Cc1nc2ccccc2n1CCNC=O. The molecule has 1 aromatic carbocycles. The van der Waals surface area contributed by atoms with Gasteiger partial charge in [-0.3, -0.25) is 4.79 Å².